The van der Waals surface area contributed by atoms with Crippen LogP contribution in [-0.4, -0.2) is 53.8 Å². The summed E-state index contributed by atoms with van der Waals surface area (Å²) in [6, 6.07) is 10.2. The number of thiocarbonyl (C=S) groups is 1. The first-order valence-corrected chi connectivity index (χ1v) is 13.1. The topological polar surface area (TPSA) is 69.0 Å². The van der Waals surface area contributed by atoms with E-state index in [1.807, 2.05) is 6.07 Å². The van der Waals surface area contributed by atoms with Crippen LogP contribution in [-0.2, 0) is 11.0 Å². The van der Waals surface area contributed by atoms with Gasteiger partial charge in [-0.25, -0.2) is 0 Å². The van der Waals surface area contributed by atoms with Crippen molar-refractivity contribution in [3.63, 3.8) is 0 Å². The third kappa shape index (κ3) is 3.98. The van der Waals surface area contributed by atoms with Crippen LogP contribution in [0.2, 0.25) is 0 Å². The highest BCUT2D eigenvalue weighted by atomic mass is 32.1. The SMILES string of the molecule is N#Cc1ccc(N2C(=O)C3(CCC3)N(c3ccc4c(c3)OC[C@H](CN3CCCC3)O4)C2=S)cc1C(F)(F)F. The minimum Gasteiger partial charge on any atom is -0.486 e. The first-order valence-electron chi connectivity index (χ1n) is 12.7. The van der Waals surface area contributed by atoms with Gasteiger partial charge in [0.2, 0.25) is 0 Å². The molecule has 2 aromatic rings. The van der Waals surface area contributed by atoms with E-state index in [1.54, 1.807) is 23.1 Å². The first-order chi connectivity index (χ1) is 18.2. The van der Waals surface area contributed by atoms with Gasteiger partial charge in [-0.05, 0) is 87.7 Å². The van der Waals surface area contributed by atoms with Crippen molar-refractivity contribution in [2.45, 2.75) is 49.9 Å². The maximum absolute atomic E-state index is 13.7. The predicted octanol–water partition coefficient (Wildman–Crippen LogP) is 4.87. The van der Waals surface area contributed by atoms with Crippen molar-refractivity contribution in [2.24, 2.45) is 0 Å². The highest BCUT2D eigenvalue weighted by Gasteiger charge is 2.59. The Balaban J connectivity index is 1.30. The van der Waals surface area contributed by atoms with Crippen molar-refractivity contribution >= 4 is 34.6 Å². The van der Waals surface area contributed by atoms with Crippen LogP contribution in [0.4, 0.5) is 24.5 Å². The van der Waals surface area contributed by atoms with E-state index in [0.29, 0.717) is 36.6 Å². The number of likely N-dealkylation sites (tertiary alicyclic amines) is 1. The molecule has 1 aliphatic carbocycles. The van der Waals surface area contributed by atoms with Crippen molar-refractivity contribution < 1.29 is 27.4 Å². The molecule has 0 unspecified atom stereocenters. The summed E-state index contributed by atoms with van der Waals surface area (Å²) in [6.07, 6.45) is -0.589. The molecule has 2 saturated heterocycles. The van der Waals surface area contributed by atoms with Crippen LogP contribution in [0.3, 0.4) is 0 Å². The van der Waals surface area contributed by atoms with E-state index >= 15 is 0 Å². The van der Waals surface area contributed by atoms with Crippen LogP contribution < -0.4 is 19.3 Å². The molecule has 4 aliphatic rings. The minimum atomic E-state index is -4.75. The summed E-state index contributed by atoms with van der Waals surface area (Å²) < 4.78 is 53.2. The van der Waals surface area contributed by atoms with Gasteiger partial charge in [0, 0.05) is 18.3 Å². The first kappa shape index (κ1) is 24.9. The number of anilines is 2. The molecule has 0 N–H and O–H groups in total. The zero-order chi connectivity index (χ0) is 26.7. The van der Waals surface area contributed by atoms with Crippen LogP contribution in [0.25, 0.3) is 0 Å². The fourth-order valence-electron chi connectivity index (χ4n) is 5.80. The third-order valence-corrected chi connectivity index (χ3v) is 8.21. The van der Waals surface area contributed by atoms with Crippen LogP contribution in [0.1, 0.15) is 43.2 Å². The van der Waals surface area contributed by atoms with Gasteiger partial charge >= 0.3 is 6.18 Å². The van der Waals surface area contributed by atoms with Gasteiger partial charge in [-0.15, -0.1) is 0 Å². The Hall–Kier alpha value is -3.36. The number of nitrogens with zero attached hydrogens (tertiary/aromatic N) is 4. The number of halogens is 3. The molecular weight excluding hydrogens is 517 g/mol. The molecule has 3 aliphatic heterocycles. The number of rotatable bonds is 4. The maximum Gasteiger partial charge on any atom is 0.417 e. The standard InChI is InChI=1S/C27H25F3N4O3S/c28-27(29,30)21-12-18(5-4-17(21)14-31)33-24(35)26(8-3-9-26)34(25(33)38)19-6-7-22-23(13-19)36-16-20(37-22)15-32-10-1-2-11-32/h4-7,12-13,20H,1-3,8-11,15-16H2/t20-/m0/s1. The number of amides is 1. The summed E-state index contributed by atoms with van der Waals surface area (Å²) in [6.45, 7) is 3.33. The molecule has 2 aromatic carbocycles. The average Bonchev–Trinajstić information content (AvgIpc) is 3.46. The van der Waals surface area contributed by atoms with Crippen LogP contribution in [0.5, 0.6) is 11.5 Å². The Morgan fingerprint density at radius 2 is 1.79 bits per heavy atom. The molecule has 11 heteroatoms. The number of fused-ring (bicyclic) bond motifs is 1. The summed E-state index contributed by atoms with van der Waals surface area (Å²) in [4.78, 5) is 19.0. The monoisotopic (exact) mass is 542 g/mol. The molecular formula is C27H25F3N4O3S. The second kappa shape index (κ2) is 9.13. The van der Waals surface area contributed by atoms with Gasteiger partial charge < -0.3 is 14.4 Å². The highest BCUT2D eigenvalue weighted by Crippen LogP contribution is 2.49. The Morgan fingerprint density at radius 1 is 1.05 bits per heavy atom. The molecule has 1 saturated carbocycles. The molecule has 0 radical (unpaired) electrons. The second-order valence-electron chi connectivity index (χ2n) is 10.2. The lowest BCUT2D eigenvalue weighted by molar-refractivity contribution is -0.137. The number of benzene rings is 2. The van der Waals surface area contributed by atoms with E-state index in [-0.39, 0.29) is 22.8 Å². The van der Waals surface area contributed by atoms with Crippen LogP contribution in [0.15, 0.2) is 36.4 Å². The van der Waals surface area contributed by atoms with Gasteiger partial charge in [-0.2, -0.15) is 18.4 Å². The van der Waals surface area contributed by atoms with Crippen molar-refractivity contribution in [3.05, 3.63) is 47.5 Å². The molecule has 1 atom stereocenters. The van der Waals surface area contributed by atoms with Gasteiger partial charge in [0.1, 0.15) is 18.2 Å². The summed E-state index contributed by atoms with van der Waals surface area (Å²) in [5.74, 6) is 0.787. The van der Waals surface area contributed by atoms with E-state index in [9.17, 15) is 18.0 Å². The second-order valence-corrected chi connectivity index (χ2v) is 10.5. The zero-order valence-electron chi connectivity index (χ0n) is 20.5. The molecule has 1 amide bonds. The van der Waals surface area contributed by atoms with Gasteiger partial charge in [-0.3, -0.25) is 14.6 Å². The number of carbonyl (C=O) groups excluding carboxylic acids is 1. The van der Waals surface area contributed by atoms with Gasteiger partial charge in [0.15, 0.2) is 16.6 Å². The van der Waals surface area contributed by atoms with Gasteiger partial charge in [0.25, 0.3) is 5.91 Å². The normalized spacial score (nSPS) is 22.6. The van der Waals surface area contributed by atoms with Crippen molar-refractivity contribution in [1.29, 1.82) is 5.26 Å². The molecule has 38 heavy (non-hydrogen) atoms. The summed E-state index contributed by atoms with van der Waals surface area (Å²) in [5, 5.41) is 9.25. The van der Waals surface area contributed by atoms with E-state index in [2.05, 4.69) is 4.90 Å². The Bertz CT molecular complexity index is 1350. The van der Waals surface area contributed by atoms with Crippen molar-refractivity contribution in [3.8, 4) is 17.6 Å². The Labute approximate surface area is 223 Å². The lowest BCUT2D eigenvalue weighted by atomic mass is 9.75. The van der Waals surface area contributed by atoms with Gasteiger partial charge in [0.05, 0.1) is 22.9 Å². The van der Waals surface area contributed by atoms with Crippen LogP contribution in [0, 0.1) is 11.3 Å². The fourth-order valence-corrected chi connectivity index (χ4v) is 6.27. The molecule has 0 bridgehead atoms. The van der Waals surface area contributed by atoms with E-state index in [1.165, 1.54) is 18.9 Å². The molecule has 198 valence electrons. The molecule has 3 heterocycles. The number of hydrogen-bond acceptors (Lipinski definition) is 6. The lowest BCUT2D eigenvalue weighted by Gasteiger charge is -2.43. The quantitative estimate of drug-likeness (QED) is 0.511. The average molecular weight is 543 g/mol. The molecule has 7 nitrogen and oxygen atoms in total. The Kier molecular flexibility index (Phi) is 6.00. The van der Waals surface area contributed by atoms with E-state index in [4.69, 9.17) is 27.0 Å². The smallest absolute Gasteiger partial charge is 0.417 e. The third-order valence-electron chi connectivity index (χ3n) is 7.84. The summed E-state index contributed by atoms with van der Waals surface area (Å²) in [5.41, 5.74) is -1.97. The number of nitriles is 1. The number of alkyl halides is 3. The summed E-state index contributed by atoms with van der Waals surface area (Å²) in [7, 11) is 0. The Morgan fingerprint density at radius 3 is 2.45 bits per heavy atom. The van der Waals surface area contributed by atoms with Crippen molar-refractivity contribution in [1.82, 2.24) is 4.90 Å². The predicted molar refractivity (Wildman–Crippen MR) is 137 cm³/mol. The molecule has 0 aromatic heterocycles. The van der Waals surface area contributed by atoms with Crippen LogP contribution >= 0.6 is 12.2 Å². The van der Waals surface area contributed by atoms with E-state index < -0.39 is 22.8 Å². The number of hydrogen-bond donors (Lipinski definition) is 0. The highest BCUT2D eigenvalue weighted by molar-refractivity contribution is 7.81. The van der Waals surface area contributed by atoms with E-state index in [0.717, 1.165) is 43.1 Å². The number of carbonyl (C=O) groups is 1. The van der Waals surface area contributed by atoms with Gasteiger partial charge in [-0.1, -0.05) is 0 Å². The molecule has 1 spiro atoms. The number of ether oxygens (including phenoxy) is 2. The molecule has 6 rings (SSSR count). The summed E-state index contributed by atoms with van der Waals surface area (Å²) >= 11 is 5.71. The maximum atomic E-state index is 13.7. The minimum absolute atomic E-state index is 0.0117. The molecule has 3 fully saturated rings. The largest absolute Gasteiger partial charge is 0.486 e. The lowest BCUT2D eigenvalue weighted by Crippen LogP contribution is -2.55. The van der Waals surface area contributed by atoms with Crippen molar-refractivity contribution in [2.75, 3.05) is 36.0 Å². The fraction of sp³-hybridized carbons (Fsp3) is 0.444. The zero-order valence-corrected chi connectivity index (χ0v) is 21.3.